The average Bonchev–Trinajstić information content (AvgIpc) is 3.49. The zero-order valence-corrected chi connectivity index (χ0v) is 25.2. The molecule has 0 aliphatic carbocycles. The first-order valence-electron chi connectivity index (χ1n) is 14.7. The summed E-state index contributed by atoms with van der Waals surface area (Å²) in [5.74, 6) is 0. The minimum atomic E-state index is -4.62. The average molecular weight is 626 g/mol. The van der Waals surface area contributed by atoms with Crippen molar-refractivity contribution in [3.05, 3.63) is 128 Å². The van der Waals surface area contributed by atoms with Gasteiger partial charge in [0.05, 0.1) is 46.0 Å². The summed E-state index contributed by atoms with van der Waals surface area (Å²) in [5, 5.41) is 14.0. The highest BCUT2D eigenvalue weighted by molar-refractivity contribution is 5.78. The number of aromatic nitrogens is 4. The van der Waals surface area contributed by atoms with Crippen LogP contribution in [0.2, 0.25) is 0 Å². The summed E-state index contributed by atoms with van der Waals surface area (Å²) < 4.78 is 44.6. The van der Waals surface area contributed by atoms with Gasteiger partial charge in [-0.25, -0.2) is 9.48 Å². The molecular weight excluding hydrogens is 595 g/mol. The molecule has 1 fully saturated rings. The Bertz CT molecular complexity index is 2050. The fourth-order valence-corrected chi connectivity index (χ4v) is 5.88. The highest BCUT2D eigenvalue weighted by Crippen LogP contribution is 2.35. The number of nitrogens with zero attached hydrogens (tertiary/aromatic N) is 7. The highest BCUT2D eigenvalue weighted by atomic mass is 19.4. The molecule has 9 nitrogen and oxygen atoms in total. The highest BCUT2D eigenvalue weighted by Gasteiger charge is 2.32. The lowest BCUT2D eigenvalue weighted by Crippen LogP contribution is -2.46. The van der Waals surface area contributed by atoms with Crippen molar-refractivity contribution < 1.29 is 13.2 Å². The summed E-state index contributed by atoms with van der Waals surface area (Å²) in [7, 11) is 1.31. The van der Waals surface area contributed by atoms with Crippen LogP contribution in [0.4, 0.5) is 18.9 Å². The van der Waals surface area contributed by atoms with Crippen molar-refractivity contribution in [1.82, 2.24) is 23.8 Å². The molecule has 0 bridgehead atoms. The molecule has 0 spiro atoms. The van der Waals surface area contributed by atoms with Gasteiger partial charge < -0.3 is 4.90 Å². The largest absolute Gasteiger partial charge is 0.416 e. The van der Waals surface area contributed by atoms with Crippen LogP contribution in [0.5, 0.6) is 0 Å². The topological polar surface area (TPSA) is 92.1 Å². The van der Waals surface area contributed by atoms with Crippen molar-refractivity contribution in [3.8, 4) is 28.7 Å². The van der Waals surface area contributed by atoms with Crippen molar-refractivity contribution in [2.24, 2.45) is 7.05 Å². The predicted octanol–water partition coefficient (Wildman–Crippen LogP) is 4.91. The Morgan fingerprint density at radius 1 is 0.891 bits per heavy atom. The van der Waals surface area contributed by atoms with Crippen molar-refractivity contribution in [2.75, 3.05) is 31.1 Å². The number of rotatable bonds is 6. The molecule has 0 unspecified atom stereocenters. The molecule has 5 aromatic rings. The van der Waals surface area contributed by atoms with Gasteiger partial charge in [-0.05, 0) is 55.0 Å². The monoisotopic (exact) mass is 625 g/mol. The molecule has 6 rings (SSSR count). The SMILES string of the molecule is Cc1c(-c2c(N3CCN(Cc4ccccc4)CC3)cnn2-c2ccc(C#N)cc2)c(=O)n(C)c(=O)n1-c1cccc(C(F)(F)F)c1. The van der Waals surface area contributed by atoms with E-state index in [1.807, 2.05) is 18.2 Å². The van der Waals surface area contributed by atoms with Crippen LogP contribution in [0.25, 0.3) is 22.6 Å². The van der Waals surface area contributed by atoms with Crippen molar-refractivity contribution >= 4 is 5.69 Å². The smallest absolute Gasteiger partial charge is 0.366 e. The van der Waals surface area contributed by atoms with Crippen LogP contribution in [-0.4, -0.2) is 50.0 Å². The second-order valence-electron chi connectivity index (χ2n) is 11.2. The summed E-state index contributed by atoms with van der Waals surface area (Å²) in [4.78, 5) is 31.9. The number of hydrogen-bond acceptors (Lipinski definition) is 6. The van der Waals surface area contributed by atoms with E-state index in [0.717, 1.165) is 40.9 Å². The van der Waals surface area contributed by atoms with Crippen LogP contribution < -0.4 is 16.1 Å². The number of hydrogen-bond donors (Lipinski definition) is 0. The minimum absolute atomic E-state index is 0.0188. The van der Waals surface area contributed by atoms with Gasteiger partial charge in [-0.15, -0.1) is 0 Å². The molecule has 0 atom stereocenters. The first-order chi connectivity index (χ1) is 22.1. The number of nitriles is 1. The van der Waals surface area contributed by atoms with Crippen LogP contribution in [0.1, 0.15) is 22.4 Å². The predicted molar refractivity (Wildman–Crippen MR) is 168 cm³/mol. The van der Waals surface area contributed by atoms with Gasteiger partial charge in [0, 0.05) is 45.5 Å². The zero-order chi connectivity index (χ0) is 32.6. The molecular formula is C34H30F3N7O2. The molecule has 2 aromatic heterocycles. The first kappa shape index (κ1) is 30.6. The van der Waals surface area contributed by atoms with Crippen LogP contribution in [0.3, 0.4) is 0 Å². The maximum atomic E-state index is 14.0. The number of anilines is 1. The minimum Gasteiger partial charge on any atom is -0.366 e. The molecule has 1 aliphatic heterocycles. The third-order valence-corrected chi connectivity index (χ3v) is 8.32. The molecule has 0 radical (unpaired) electrons. The van der Waals surface area contributed by atoms with Crippen molar-refractivity contribution in [2.45, 2.75) is 19.6 Å². The van der Waals surface area contributed by atoms with Gasteiger partial charge in [0.25, 0.3) is 5.56 Å². The van der Waals surface area contributed by atoms with E-state index < -0.39 is 23.0 Å². The molecule has 1 saturated heterocycles. The van der Waals surface area contributed by atoms with E-state index in [9.17, 15) is 28.0 Å². The van der Waals surface area contributed by atoms with E-state index in [4.69, 9.17) is 0 Å². The van der Waals surface area contributed by atoms with Crippen LogP contribution >= 0.6 is 0 Å². The van der Waals surface area contributed by atoms with E-state index in [1.54, 1.807) is 42.1 Å². The second kappa shape index (κ2) is 12.2. The van der Waals surface area contributed by atoms with Crippen LogP contribution in [0.15, 0.2) is 94.6 Å². The summed E-state index contributed by atoms with van der Waals surface area (Å²) >= 11 is 0. The van der Waals surface area contributed by atoms with Gasteiger partial charge in [-0.1, -0.05) is 36.4 Å². The fourth-order valence-electron chi connectivity index (χ4n) is 5.88. The maximum absolute atomic E-state index is 14.0. The molecule has 12 heteroatoms. The Morgan fingerprint density at radius 2 is 1.59 bits per heavy atom. The van der Waals surface area contributed by atoms with E-state index >= 15 is 0 Å². The van der Waals surface area contributed by atoms with Gasteiger partial charge in [0.1, 0.15) is 5.69 Å². The summed E-state index contributed by atoms with van der Waals surface area (Å²) in [6, 6.07) is 23.4. The van der Waals surface area contributed by atoms with E-state index in [0.29, 0.717) is 35.7 Å². The standard InChI is InChI=1S/C34H30F3N7O2/c1-23-30(32(45)40(2)33(46)43(23)28-10-6-9-26(19-28)34(35,36)37)31-29(21-39-44(31)27-13-11-24(20-38)12-14-27)42-17-15-41(16-18-42)22-25-7-4-3-5-8-25/h3-14,19,21H,15-18,22H2,1-2H3. The Balaban J connectivity index is 1.49. The first-order valence-corrected chi connectivity index (χ1v) is 14.7. The van der Waals surface area contributed by atoms with Gasteiger partial charge in [-0.2, -0.15) is 23.5 Å². The summed E-state index contributed by atoms with van der Waals surface area (Å²) in [6.07, 6.45) is -2.96. The third-order valence-electron chi connectivity index (χ3n) is 8.32. The second-order valence-corrected chi connectivity index (χ2v) is 11.2. The van der Waals surface area contributed by atoms with Gasteiger partial charge >= 0.3 is 11.9 Å². The van der Waals surface area contributed by atoms with Gasteiger partial charge in [0.2, 0.25) is 0 Å². The number of alkyl halides is 3. The molecule has 3 aromatic carbocycles. The molecule has 0 N–H and O–H groups in total. The van der Waals surface area contributed by atoms with E-state index in [2.05, 4.69) is 33.1 Å². The molecule has 3 heterocycles. The number of piperazine rings is 1. The Labute approximate surface area is 262 Å². The normalized spacial score (nSPS) is 14.0. The maximum Gasteiger partial charge on any atom is 0.416 e. The van der Waals surface area contributed by atoms with Crippen molar-refractivity contribution in [1.29, 1.82) is 5.26 Å². The van der Waals surface area contributed by atoms with Gasteiger partial charge in [-0.3, -0.25) is 18.8 Å². The van der Waals surface area contributed by atoms with Crippen LogP contribution in [-0.2, 0) is 19.8 Å². The third kappa shape index (κ3) is 5.73. The van der Waals surface area contributed by atoms with Gasteiger partial charge in [0.15, 0.2) is 0 Å². The molecule has 0 amide bonds. The van der Waals surface area contributed by atoms with E-state index in [1.165, 1.54) is 24.7 Å². The van der Waals surface area contributed by atoms with E-state index in [-0.39, 0.29) is 16.9 Å². The van der Waals surface area contributed by atoms with Crippen LogP contribution in [0, 0.1) is 18.3 Å². The van der Waals surface area contributed by atoms with Crippen molar-refractivity contribution in [3.63, 3.8) is 0 Å². The molecule has 1 aliphatic rings. The molecule has 234 valence electrons. The Kier molecular flexibility index (Phi) is 8.10. The lowest BCUT2D eigenvalue weighted by atomic mass is 10.1. The molecule has 0 saturated carbocycles. The Hall–Kier alpha value is -5.41. The number of halogens is 3. The lowest BCUT2D eigenvalue weighted by molar-refractivity contribution is -0.137. The quantitative estimate of drug-likeness (QED) is 0.266. The zero-order valence-electron chi connectivity index (χ0n) is 25.2. The lowest BCUT2D eigenvalue weighted by Gasteiger charge is -2.36. The molecule has 46 heavy (non-hydrogen) atoms. The fraction of sp³-hybridized carbons (Fsp3) is 0.235. The number of benzene rings is 3. The summed E-state index contributed by atoms with van der Waals surface area (Å²) in [5.41, 5.74) is 1.27. The Morgan fingerprint density at radius 3 is 2.24 bits per heavy atom. The summed E-state index contributed by atoms with van der Waals surface area (Å²) in [6.45, 7) is 5.11.